The van der Waals surface area contributed by atoms with E-state index in [2.05, 4.69) is 17.4 Å². The highest BCUT2D eigenvalue weighted by Crippen LogP contribution is 2.24. The molecular weight excluding hydrogens is 282 g/mol. The number of hydrogen-bond donors (Lipinski definition) is 1. The van der Waals surface area contributed by atoms with E-state index in [1.807, 2.05) is 36.4 Å². The molecule has 2 rings (SSSR count). The average Bonchev–Trinajstić information content (AvgIpc) is 2.55. The van der Waals surface area contributed by atoms with Gasteiger partial charge in [0.1, 0.15) is 16.5 Å². The van der Waals surface area contributed by atoms with Gasteiger partial charge < -0.3 is 14.8 Å². The largest absolute Gasteiger partial charge is 0.497 e. The molecule has 0 radical (unpaired) electrons. The predicted molar refractivity (Wildman–Crippen MR) is 89.4 cm³/mol. The number of rotatable bonds is 6. The van der Waals surface area contributed by atoms with Crippen LogP contribution in [0, 0.1) is 0 Å². The zero-order valence-corrected chi connectivity index (χ0v) is 13.1. The molecule has 0 fully saturated rings. The summed E-state index contributed by atoms with van der Waals surface area (Å²) in [5.74, 6) is 1.47. The van der Waals surface area contributed by atoms with E-state index in [0.29, 0.717) is 10.7 Å². The van der Waals surface area contributed by atoms with E-state index in [1.165, 1.54) is 5.56 Å². The van der Waals surface area contributed by atoms with Gasteiger partial charge in [0.25, 0.3) is 0 Å². The average molecular weight is 301 g/mol. The van der Waals surface area contributed by atoms with E-state index >= 15 is 0 Å². The summed E-state index contributed by atoms with van der Waals surface area (Å²) in [4.78, 5) is 0.686. The van der Waals surface area contributed by atoms with Crippen molar-refractivity contribution in [1.29, 1.82) is 0 Å². The third-order valence-electron chi connectivity index (χ3n) is 3.20. The van der Waals surface area contributed by atoms with Crippen molar-refractivity contribution in [2.45, 2.75) is 6.42 Å². The summed E-state index contributed by atoms with van der Waals surface area (Å²) in [6, 6.07) is 15.9. The summed E-state index contributed by atoms with van der Waals surface area (Å²) in [6.45, 7) is 0.790. The molecule has 4 heteroatoms. The first-order valence-corrected chi connectivity index (χ1v) is 7.19. The summed E-state index contributed by atoms with van der Waals surface area (Å²) in [5.41, 5.74) is 2.16. The van der Waals surface area contributed by atoms with Gasteiger partial charge in [0.05, 0.1) is 19.8 Å². The van der Waals surface area contributed by atoms with Crippen LogP contribution in [0.25, 0.3) is 0 Å². The van der Waals surface area contributed by atoms with Gasteiger partial charge in [-0.15, -0.1) is 0 Å². The van der Waals surface area contributed by atoms with Gasteiger partial charge in [-0.25, -0.2) is 0 Å². The minimum atomic E-state index is 0.686. The van der Waals surface area contributed by atoms with Crippen molar-refractivity contribution in [3.63, 3.8) is 0 Å². The van der Waals surface area contributed by atoms with Crippen LogP contribution >= 0.6 is 12.2 Å². The second kappa shape index (κ2) is 7.64. The molecule has 0 bridgehead atoms. The van der Waals surface area contributed by atoms with Crippen LogP contribution in [0.4, 0.5) is 0 Å². The lowest BCUT2D eigenvalue weighted by molar-refractivity contribution is 0.394. The standard InChI is InChI=1S/C17H19NO2S/c1-19-14-8-9-15(16(12-14)20-2)17(21)18-11-10-13-6-4-3-5-7-13/h3-9,12H,10-11H2,1-2H3,(H,18,21). The molecule has 0 saturated heterocycles. The van der Waals surface area contributed by atoms with Gasteiger partial charge in [0, 0.05) is 12.6 Å². The van der Waals surface area contributed by atoms with E-state index in [1.54, 1.807) is 14.2 Å². The zero-order valence-electron chi connectivity index (χ0n) is 12.3. The minimum absolute atomic E-state index is 0.686. The molecule has 110 valence electrons. The first-order valence-electron chi connectivity index (χ1n) is 6.78. The van der Waals surface area contributed by atoms with Gasteiger partial charge in [0.2, 0.25) is 0 Å². The number of ether oxygens (including phenoxy) is 2. The maximum Gasteiger partial charge on any atom is 0.132 e. The summed E-state index contributed by atoms with van der Waals surface area (Å²) in [7, 11) is 3.26. The van der Waals surface area contributed by atoms with Gasteiger partial charge in [-0.05, 0) is 24.1 Å². The Kier molecular flexibility index (Phi) is 5.58. The Morgan fingerprint density at radius 2 is 1.81 bits per heavy atom. The highest BCUT2D eigenvalue weighted by molar-refractivity contribution is 7.80. The summed E-state index contributed by atoms with van der Waals surface area (Å²) in [6.07, 6.45) is 0.930. The molecule has 0 aliphatic heterocycles. The fourth-order valence-corrected chi connectivity index (χ4v) is 2.32. The van der Waals surface area contributed by atoms with Gasteiger partial charge in [-0.3, -0.25) is 0 Å². The van der Waals surface area contributed by atoms with Crippen LogP contribution < -0.4 is 14.8 Å². The Morgan fingerprint density at radius 1 is 1.05 bits per heavy atom. The molecule has 0 aliphatic rings. The molecule has 2 aromatic carbocycles. The van der Waals surface area contributed by atoms with E-state index in [0.717, 1.165) is 24.3 Å². The van der Waals surface area contributed by atoms with Gasteiger partial charge >= 0.3 is 0 Å². The normalized spacial score (nSPS) is 10.0. The Hall–Kier alpha value is -2.07. The predicted octanol–water partition coefficient (Wildman–Crippen LogP) is 3.21. The molecule has 0 aromatic heterocycles. The monoisotopic (exact) mass is 301 g/mol. The fraction of sp³-hybridized carbons (Fsp3) is 0.235. The molecule has 0 heterocycles. The molecule has 1 N–H and O–H groups in total. The second-order valence-electron chi connectivity index (χ2n) is 4.56. The van der Waals surface area contributed by atoms with Crippen molar-refractivity contribution in [2.24, 2.45) is 0 Å². The quantitative estimate of drug-likeness (QED) is 0.830. The van der Waals surface area contributed by atoms with Crippen LogP contribution in [0.3, 0.4) is 0 Å². The number of methoxy groups -OCH3 is 2. The topological polar surface area (TPSA) is 30.5 Å². The van der Waals surface area contributed by atoms with Crippen LogP contribution in [-0.4, -0.2) is 25.8 Å². The van der Waals surface area contributed by atoms with Crippen molar-refractivity contribution in [1.82, 2.24) is 5.32 Å². The molecule has 3 nitrogen and oxygen atoms in total. The number of hydrogen-bond acceptors (Lipinski definition) is 3. The summed E-state index contributed by atoms with van der Waals surface area (Å²) in [5, 5.41) is 3.27. The summed E-state index contributed by atoms with van der Waals surface area (Å²) >= 11 is 5.44. The van der Waals surface area contributed by atoms with Gasteiger partial charge in [0.15, 0.2) is 0 Å². The maximum absolute atomic E-state index is 5.44. The smallest absolute Gasteiger partial charge is 0.132 e. The molecule has 0 unspecified atom stereocenters. The van der Waals surface area contributed by atoms with Crippen molar-refractivity contribution in [2.75, 3.05) is 20.8 Å². The van der Waals surface area contributed by atoms with Crippen LogP contribution in [0.1, 0.15) is 11.1 Å². The van der Waals surface area contributed by atoms with Crippen LogP contribution in [-0.2, 0) is 6.42 Å². The highest BCUT2D eigenvalue weighted by Gasteiger charge is 2.09. The number of thiocarbonyl (C=S) groups is 1. The lowest BCUT2D eigenvalue weighted by atomic mass is 10.1. The van der Waals surface area contributed by atoms with Crippen molar-refractivity contribution in [3.8, 4) is 11.5 Å². The fourth-order valence-electron chi connectivity index (χ4n) is 2.05. The molecule has 0 atom stereocenters. The molecule has 0 amide bonds. The molecule has 0 saturated carbocycles. The Morgan fingerprint density at radius 3 is 2.48 bits per heavy atom. The van der Waals surface area contributed by atoms with E-state index in [-0.39, 0.29) is 0 Å². The lowest BCUT2D eigenvalue weighted by Crippen LogP contribution is -2.25. The van der Waals surface area contributed by atoms with Crippen molar-refractivity contribution >= 4 is 17.2 Å². The van der Waals surface area contributed by atoms with E-state index in [9.17, 15) is 0 Å². The Labute approximate surface area is 130 Å². The number of nitrogens with one attached hydrogen (secondary N) is 1. The van der Waals surface area contributed by atoms with Crippen LogP contribution in [0.2, 0.25) is 0 Å². The third-order valence-corrected chi connectivity index (χ3v) is 3.56. The molecule has 21 heavy (non-hydrogen) atoms. The van der Waals surface area contributed by atoms with Crippen molar-refractivity contribution in [3.05, 3.63) is 59.7 Å². The van der Waals surface area contributed by atoms with Crippen LogP contribution in [0.5, 0.6) is 11.5 Å². The zero-order chi connectivity index (χ0) is 15.1. The van der Waals surface area contributed by atoms with Crippen molar-refractivity contribution < 1.29 is 9.47 Å². The summed E-state index contributed by atoms with van der Waals surface area (Å²) < 4.78 is 10.6. The van der Waals surface area contributed by atoms with Gasteiger partial charge in [-0.2, -0.15) is 0 Å². The molecular formula is C17H19NO2S. The maximum atomic E-state index is 5.44. The second-order valence-corrected chi connectivity index (χ2v) is 4.97. The van der Waals surface area contributed by atoms with Gasteiger partial charge in [-0.1, -0.05) is 42.5 Å². The van der Waals surface area contributed by atoms with E-state index in [4.69, 9.17) is 21.7 Å². The Balaban J connectivity index is 1.97. The Bertz CT molecular complexity index is 599. The number of benzene rings is 2. The minimum Gasteiger partial charge on any atom is -0.497 e. The third kappa shape index (κ3) is 4.20. The SMILES string of the molecule is COc1ccc(C(=S)NCCc2ccccc2)c(OC)c1. The van der Waals surface area contributed by atoms with E-state index < -0.39 is 0 Å². The highest BCUT2D eigenvalue weighted by atomic mass is 32.1. The molecule has 2 aromatic rings. The molecule has 0 spiro atoms. The first-order chi connectivity index (χ1) is 10.2. The molecule has 0 aliphatic carbocycles. The van der Waals surface area contributed by atoms with Crippen LogP contribution in [0.15, 0.2) is 48.5 Å². The first kappa shape index (κ1) is 15.3. The lowest BCUT2D eigenvalue weighted by Gasteiger charge is -2.13.